The van der Waals surface area contributed by atoms with Gasteiger partial charge in [0.15, 0.2) is 0 Å². The van der Waals surface area contributed by atoms with Gasteiger partial charge in [0.25, 0.3) is 0 Å². The lowest BCUT2D eigenvalue weighted by Gasteiger charge is -2.32. The first kappa shape index (κ1) is 13.3. The first-order valence-electron chi connectivity index (χ1n) is 6.36. The average molecular weight is 264 g/mol. The van der Waals surface area contributed by atoms with Gasteiger partial charge in [-0.25, -0.2) is 0 Å². The molecule has 2 rings (SSSR count). The maximum absolute atomic E-state index is 11.3. The molecule has 1 aromatic rings. The maximum atomic E-state index is 11.3. The molecular weight excluding hydrogens is 244 g/mol. The van der Waals surface area contributed by atoms with Gasteiger partial charge in [-0.05, 0) is 31.2 Å². The summed E-state index contributed by atoms with van der Waals surface area (Å²) in [5, 5.41) is 3.60. The van der Waals surface area contributed by atoms with E-state index in [2.05, 4.69) is 35.8 Å². The molecule has 1 fully saturated rings. The summed E-state index contributed by atoms with van der Waals surface area (Å²) < 4.78 is 0. The van der Waals surface area contributed by atoms with Gasteiger partial charge in [-0.2, -0.15) is 0 Å². The van der Waals surface area contributed by atoms with Crippen molar-refractivity contribution >= 4 is 23.4 Å². The van der Waals surface area contributed by atoms with Crippen molar-refractivity contribution in [1.29, 1.82) is 0 Å². The molecule has 98 valence electrons. The highest BCUT2D eigenvalue weighted by Crippen LogP contribution is 2.26. The van der Waals surface area contributed by atoms with E-state index < -0.39 is 0 Å². The van der Waals surface area contributed by atoms with Crippen LogP contribution in [0.1, 0.15) is 19.8 Å². The minimum absolute atomic E-state index is 0.193. The van der Waals surface area contributed by atoms with Gasteiger partial charge >= 0.3 is 0 Å². The van der Waals surface area contributed by atoms with Crippen molar-refractivity contribution < 1.29 is 4.79 Å². The SMILES string of the molecule is CSc1ccccc1NC1CCN(C(C)=O)CC1. The van der Waals surface area contributed by atoms with E-state index in [1.807, 2.05) is 4.90 Å². The van der Waals surface area contributed by atoms with Gasteiger partial charge in [-0.1, -0.05) is 12.1 Å². The van der Waals surface area contributed by atoms with E-state index in [1.54, 1.807) is 18.7 Å². The van der Waals surface area contributed by atoms with Crippen LogP contribution in [0.15, 0.2) is 29.2 Å². The third kappa shape index (κ3) is 3.19. The van der Waals surface area contributed by atoms with Crippen LogP contribution in [0.4, 0.5) is 5.69 Å². The maximum Gasteiger partial charge on any atom is 0.219 e. The number of anilines is 1. The number of benzene rings is 1. The Hall–Kier alpha value is -1.16. The number of amides is 1. The van der Waals surface area contributed by atoms with E-state index in [0.717, 1.165) is 25.9 Å². The van der Waals surface area contributed by atoms with E-state index in [-0.39, 0.29) is 5.91 Å². The normalized spacial score (nSPS) is 16.7. The second kappa shape index (κ2) is 6.14. The second-order valence-corrected chi connectivity index (χ2v) is 5.47. The number of carbonyl (C=O) groups is 1. The molecule has 18 heavy (non-hydrogen) atoms. The van der Waals surface area contributed by atoms with Crippen molar-refractivity contribution in [2.24, 2.45) is 0 Å². The summed E-state index contributed by atoms with van der Waals surface area (Å²) in [5.74, 6) is 0.193. The Morgan fingerprint density at radius 3 is 2.61 bits per heavy atom. The zero-order chi connectivity index (χ0) is 13.0. The van der Waals surface area contributed by atoms with Crippen molar-refractivity contribution in [2.75, 3.05) is 24.7 Å². The number of nitrogens with one attached hydrogen (secondary N) is 1. The van der Waals surface area contributed by atoms with E-state index in [9.17, 15) is 4.79 Å². The monoisotopic (exact) mass is 264 g/mol. The minimum Gasteiger partial charge on any atom is -0.381 e. The van der Waals surface area contributed by atoms with E-state index in [4.69, 9.17) is 0 Å². The predicted molar refractivity (Wildman–Crippen MR) is 77.1 cm³/mol. The standard InChI is InChI=1S/C14H20N2OS/c1-11(17)16-9-7-12(8-10-16)15-13-5-3-4-6-14(13)18-2/h3-6,12,15H,7-10H2,1-2H3. The number of thioether (sulfide) groups is 1. The summed E-state index contributed by atoms with van der Waals surface area (Å²) >= 11 is 1.76. The zero-order valence-electron chi connectivity index (χ0n) is 11.0. The van der Waals surface area contributed by atoms with Gasteiger partial charge in [-0.15, -0.1) is 11.8 Å². The number of piperidine rings is 1. The summed E-state index contributed by atoms with van der Waals surface area (Å²) in [5.41, 5.74) is 1.21. The number of rotatable bonds is 3. The number of carbonyl (C=O) groups excluding carboxylic acids is 1. The molecule has 1 aromatic carbocycles. The molecule has 0 spiro atoms. The van der Waals surface area contributed by atoms with Gasteiger partial charge in [0, 0.05) is 36.6 Å². The van der Waals surface area contributed by atoms with Gasteiger partial charge in [0.05, 0.1) is 0 Å². The predicted octanol–water partition coefficient (Wildman–Crippen LogP) is 2.83. The second-order valence-electron chi connectivity index (χ2n) is 4.62. The van der Waals surface area contributed by atoms with Crippen LogP contribution in [0.25, 0.3) is 0 Å². The summed E-state index contributed by atoms with van der Waals surface area (Å²) in [6, 6.07) is 8.87. The smallest absolute Gasteiger partial charge is 0.219 e. The van der Waals surface area contributed by atoms with E-state index in [0.29, 0.717) is 6.04 Å². The molecule has 1 aliphatic heterocycles. The molecule has 1 N–H and O–H groups in total. The number of para-hydroxylation sites is 1. The van der Waals surface area contributed by atoms with Crippen LogP contribution in [0, 0.1) is 0 Å². The number of hydrogen-bond donors (Lipinski definition) is 1. The van der Waals surface area contributed by atoms with Crippen LogP contribution >= 0.6 is 11.8 Å². The Labute approximate surface area is 113 Å². The molecule has 0 bridgehead atoms. The Morgan fingerprint density at radius 1 is 1.33 bits per heavy atom. The highest BCUT2D eigenvalue weighted by molar-refractivity contribution is 7.98. The summed E-state index contributed by atoms with van der Waals surface area (Å²) in [6.07, 6.45) is 4.16. The summed E-state index contributed by atoms with van der Waals surface area (Å²) in [7, 11) is 0. The lowest BCUT2D eigenvalue weighted by atomic mass is 10.0. The molecule has 1 aliphatic rings. The van der Waals surface area contributed by atoms with Crippen LogP contribution < -0.4 is 5.32 Å². The molecule has 1 saturated heterocycles. The van der Waals surface area contributed by atoms with Crippen LogP contribution in [0.2, 0.25) is 0 Å². The fraction of sp³-hybridized carbons (Fsp3) is 0.500. The van der Waals surface area contributed by atoms with Crippen molar-refractivity contribution in [2.45, 2.75) is 30.7 Å². The van der Waals surface area contributed by atoms with Crippen molar-refractivity contribution in [3.05, 3.63) is 24.3 Å². The van der Waals surface area contributed by atoms with Gasteiger partial charge in [0.1, 0.15) is 0 Å². The summed E-state index contributed by atoms with van der Waals surface area (Å²) in [4.78, 5) is 14.5. The molecular formula is C14H20N2OS. The molecule has 3 nitrogen and oxygen atoms in total. The van der Waals surface area contributed by atoms with Crippen LogP contribution in [-0.2, 0) is 4.79 Å². The molecule has 4 heteroatoms. The number of hydrogen-bond acceptors (Lipinski definition) is 3. The highest BCUT2D eigenvalue weighted by atomic mass is 32.2. The summed E-state index contributed by atoms with van der Waals surface area (Å²) in [6.45, 7) is 3.39. The Bertz CT molecular complexity index is 414. The van der Waals surface area contributed by atoms with Gasteiger partial charge in [-0.3, -0.25) is 4.79 Å². The van der Waals surface area contributed by atoms with E-state index in [1.165, 1.54) is 10.6 Å². The first-order chi connectivity index (χ1) is 8.70. The van der Waals surface area contributed by atoms with Gasteiger partial charge in [0.2, 0.25) is 5.91 Å². The Morgan fingerprint density at radius 2 is 2.00 bits per heavy atom. The molecule has 0 saturated carbocycles. The number of nitrogens with zero attached hydrogens (tertiary/aromatic N) is 1. The highest BCUT2D eigenvalue weighted by Gasteiger charge is 2.20. The third-order valence-corrected chi connectivity index (χ3v) is 4.20. The van der Waals surface area contributed by atoms with Crippen LogP contribution in [-0.4, -0.2) is 36.2 Å². The van der Waals surface area contributed by atoms with E-state index >= 15 is 0 Å². The molecule has 0 atom stereocenters. The molecule has 1 heterocycles. The molecule has 0 aromatic heterocycles. The van der Waals surface area contributed by atoms with Crippen LogP contribution in [0.5, 0.6) is 0 Å². The fourth-order valence-electron chi connectivity index (χ4n) is 2.32. The number of likely N-dealkylation sites (tertiary alicyclic amines) is 1. The molecule has 1 amide bonds. The Balaban J connectivity index is 1.93. The Kier molecular flexibility index (Phi) is 4.53. The van der Waals surface area contributed by atoms with Crippen molar-refractivity contribution in [3.8, 4) is 0 Å². The molecule has 0 unspecified atom stereocenters. The fourth-order valence-corrected chi connectivity index (χ4v) is 2.88. The zero-order valence-corrected chi connectivity index (χ0v) is 11.8. The lowest BCUT2D eigenvalue weighted by Crippen LogP contribution is -2.41. The topological polar surface area (TPSA) is 32.3 Å². The molecule has 0 aliphatic carbocycles. The molecule has 0 radical (unpaired) electrons. The lowest BCUT2D eigenvalue weighted by molar-refractivity contribution is -0.129. The minimum atomic E-state index is 0.193. The van der Waals surface area contributed by atoms with Crippen molar-refractivity contribution in [3.63, 3.8) is 0 Å². The average Bonchev–Trinajstić information content (AvgIpc) is 2.40. The first-order valence-corrected chi connectivity index (χ1v) is 7.58. The van der Waals surface area contributed by atoms with Crippen molar-refractivity contribution in [1.82, 2.24) is 4.90 Å². The third-order valence-electron chi connectivity index (χ3n) is 3.41. The van der Waals surface area contributed by atoms with Crippen LogP contribution in [0.3, 0.4) is 0 Å². The largest absolute Gasteiger partial charge is 0.381 e. The quantitative estimate of drug-likeness (QED) is 0.852. The van der Waals surface area contributed by atoms with Gasteiger partial charge < -0.3 is 10.2 Å².